The molecule has 0 fully saturated rings. The Morgan fingerprint density at radius 3 is 2.40 bits per heavy atom. The third-order valence-electron chi connectivity index (χ3n) is 7.98. The Bertz CT molecular complexity index is 1840. The van der Waals surface area contributed by atoms with Crippen molar-refractivity contribution in [1.29, 1.82) is 0 Å². The van der Waals surface area contributed by atoms with E-state index >= 15 is 0 Å². The predicted molar refractivity (Wildman–Crippen MR) is 202 cm³/mol. The first kappa shape index (κ1) is 40.6. The Kier molecular flexibility index (Phi) is 13.7. The maximum atomic E-state index is 13.9. The fraction of sp³-hybridized carbons (Fsp3) is 0.361. The average Bonchev–Trinajstić information content (AvgIpc) is 3.31. The van der Waals surface area contributed by atoms with E-state index in [0.29, 0.717) is 25.8 Å². The number of nitrogens with two attached hydrogens (primary N) is 2. The second kappa shape index (κ2) is 17.5. The fourth-order valence-electron chi connectivity index (χ4n) is 5.66. The smallest absolute Gasteiger partial charge is 0.329 e. The zero-order chi connectivity index (χ0) is 38.2. The molecule has 13 nitrogen and oxygen atoms in total. The zero-order valence-corrected chi connectivity index (χ0v) is 31.9. The van der Waals surface area contributed by atoms with Crippen LogP contribution in [-0.4, -0.2) is 60.6 Å². The van der Waals surface area contributed by atoms with Crippen molar-refractivity contribution >= 4 is 80.2 Å². The summed E-state index contributed by atoms with van der Waals surface area (Å²) in [5, 5.41) is 12.3. The van der Waals surface area contributed by atoms with Crippen molar-refractivity contribution < 1.29 is 33.4 Å². The first-order valence-electron chi connectivity index (χ1n) is 16.4. The standard InChI is InChI=1S/C36H41BrCl2N6O7/c1-35(2,3)52-32(48)26(41)8-5-9-27(33(49)51-19-40)43-30(46)18-42-31(47)24-12-10-21(37)15-28(24)45-36(17-20-6-4-7-22(38)14-20)25-13-11-23(39)16-29(25)44-34(36)50/h4,6-7,10-16,26-27,45H,5,8-9,17-19,40-41H2,1-3H3,(H,42,47)(H,43,46)(H,44,50). The van der Waals surface area contributed by atoms with Crippen LogP contribution in [0.2, 0.25) is 10.0 Å². The fourth-order valence-corrected chi connectivity index (χ4v) is 6.40. The van der Waals surface area contributed by atoms with Crippen LogP contribution in [0.3, 0.4) is 0 Å². The third-order valence-corrected chi connectivity index (χ3v) is 8.95. The SMILES string of the molecule is CC(C)(C)OC(=O)C(N)CCCC(NC(=O)CNC(=O)c1ccc(Br)cc1NC1(Cc2cccc(Cl)c2)C(=O)Nc2cc(Cl)ccc21)C(=O)OCN. The third kappa shape index (κ3) is 10.7. The molecule has 0 aliphatic carbocycles. The summed E-state index contributed by atoms with van der Waals surface area (Å²) >= 11 is 16.0. The van der Waals surface area contributed by atoms with Crippen molar-refractivity contribution in [3.63, 3.8) is 0 Å². The van der Waals surface area contributed by atoms with Crippen molar-refractivity contribution in [3.05, 3.63) is 91.9 Å². The second-order valence-corrected chi connectivity index (χ2v) is 15.0. The minimum absolute atomic E-state index is 0.0826. The molecule has 3 aromatic carbocycles. The monoisotopic (exact) mass is 818 g/mol. The number of nitrogens with one attached hydrogen (secondary N) is 4. The largest absolute Gasteiger partial charge is 0.459 e. The van der Waals surface area contributed by atoms with Gasteiger partial charge in [0.2, 0.25) is 5.91 Å². The molecule has 4 rings (SSSR count). The summed E-state index contributed by atoms with van der Waals surface area (Å²) in [5.74, 6) is -3.07. The summed E-state index contributed by atoms with van der Waals surface area (Å²) in [5.41, 5.74) is 11.5. The summed E-state index contributed by atoms with van der Waals surface area (Å²) in [6.07, 6.45) is 0.693. The van der Waals surface area contributed by atoms with Gasteiger partial charge in [-0.2, -0.15) is 0 Å². The molecule has 3 amide bonds. The van der Waals surface area contributed by atoms with Crippen molar-refractivity contribution in [2.24, 2.45) is 11.5 Å². The van der Waals surface area contributed by atoms with Crippen molar-refractivity contribution in [2.45, 2.75) is 69.7 Å². The van der Waals surface area contributed by atoms with Crippen LogP contribution < -0.4 is 32.7 Å². The first-order chi connectivity index (χ1) is 24.5. The number of rotatable bonds is 15. The quantitative estimate of drug-likeness (QED) is 0.0916. The summed E-state index contributed by atoms with van der Waals surface area (Å²) in [4.78, 5) is 65.3. The van der Waals surface area contributed by atoms with Gasteiger partial charge in [0.25, 0.3) is 11.8 Å². The molecule has 0 aromatic heterocycles. The number of halogens is 3. The minimum atomic E-state index is -1.39. The molecule has 52 heavy (non-hydrogen) atoms. The Balaban J connectivity index is 1.50. The van der Waals surface area contributed by atoms with Gasteiger partial charge in [0, 0.05) is 37.9 Å². The Morgan fingerprint density at radius 2 is 1.71 bits per heavy atom. The maximum absolute atomic E-state index is 13.9. The van der Waals surface area contributed by atoms with Gasteiger partial charge >= 0.3 is 11.9 Å². The molecule has 16 heteroatoms. The molecule has 0 spiro atoms. The molecule has 1 aliphatic rings. The van der Waals surface area contributed by atoms with E-state index in [2.05, 4.69) is 37.2 Å². The van der Waals surface area contributed by atoms with E-state index in [0.717, 1.165) is 5.56 Å². The van der Waals surface area contributed by atoms with Crippen LogP contribution in [0.1, 0.15) is 61.5 Å². The van der Waals surface area contributed by atoms with Gasteiger partial charge < -0.3 is 36.5 Å². The molecule has 3 aromatic rings. The number of amides is 3. The normalized spacial score (nSPS) is 16.2. The van der Waals surface area contributed by atoms with Gasteiger partial charge in [0.15, 0.2) is 0 Å². The van der Waals surface area contributed by atoms with E-state index in [4.69, 9.17) is 44.1 Å². The Morgan fingerprint density at radius 1 is 0.981 bits per heavy atom. The lowest BCUT2D eigenvalue weighted by Gasteiger charge is -2.31. The number of ether oxygens (including phenoxy) is 2. The van der Waals surface area contributed by atoms with Crippen molar-refractivity contribution in [2.75, 3.05) is 23.9 Å². The lowest BCUT2D eigenvalue weighted by atomic mass is 9.84. The summed E-state index contributed by atoms with van der Waals surface area (Å²) in [7, 11) is 0. The number of anilines is 2. The highest BCUT2D eigenvalue weighted by Crippen LogP contribution is 2.43. The molecule has 0 saturated carbocycles. The first-order valence-corrected chi connectivity index (χ1v) is 17.9. The average molecular weight is 821 g/mol. The number of hydrogen-bond donors (Lipinski definition) is 6. The molecular formula is C36H41BrCl2N6O7. The van der Waals surface area contributed by atoms with Gasteiger partial charge in [-0.15, -0.1) is 0 Å². The van der Waals surface area contributed by atoms with Crippen LogP contribution >= 0.6 is 39.1 Å². The molecule has 278 valence electrons. The van der Waals surface area contributed by atoms with Crippen LogP contribution in [0.15, 0.2) is 65.1 Å². The van der Waals surface area contributed by atoms with Crippen LogP contribution in [-0.2, 0) is 40.6 Å². The Hall–Kier alpha value is -4.21. The molecule has 1 heterocycles. The van der Waals surface area contributed by atoms with Crippen LogP contribution in [0, 0.1) is 0 Å². The molecule has 1 aliphatic heterocycles. The minimum Gasteiger partial charge on any atom is -0.459 e. The lowest BCUT2D eigenvalue weighted by Crippen LogP contribution is -2.47. The molecule has 8 N–H and O–H groups in total. The molecule has 0 bridgehead atoms. The van der Waals surface area contributed by atoms with Gasteiger partial charge in [-0.1, -0.05) is 57.3 Å². The van der Waals surface area contributed by atoms with Crippen LogP contribution in [0.25, 0.3) is 0 Å². The number of fused-ring (bicyclic) bond motifs is 1. The van der Waals surface area contributed by atoms with E-state index in [9.17, 15) is 24.0 Å². The highest BCUT2D eigenvalue weighted by molar-refractivity contribution is 9.10. The van der Waals surface area contributed by atoms with Crippen molar-refractivity contribution in [1.82, 2.24) is 10.6 Å². The van der Waals surface area contributed by atoms with Crippen LogP contribution in [0.5, 0.6) is 0 Å². The summed E-state index contributed by atoms with van der Waals surface area (Å²) in [6.45, 7) is 4.26. The van der Waals surface area contributed by atoms with Gasteiger partial charge in [-0.05, 0) is 88.1 Å². The van der Waals surface area contributed by atoms with Gasteiger partial charge in [0.05, 0.1) is 12.1 Å². The highest BCUT2D eigenvalue weighted by atomic mass is 79.9. The van der Waals surface area contributed by atoms with Gasteiger partial charge in [-0.25, -0.2) is 4.79 Å². The van der Waals surface area contributed by atoms with E-state index in [1.165, 1.54) is 6.07 Å². The lowest BCUT2D eigenvalue weighted by molar-refractivity contribution is -0.156. The summed E-state index contributed by atoms with van der Waals surface area (Å²) in [6, 6.07) is 15.0. The number of hydrogen-bond acceptors (Lipinski definition) is 10. The number of carbonyl (C=O) groups excluding carboxylic acids is 5. The summed E-state index contributed by atoms with van der Waals surface area (Å²) < 4.78 is 10.8. The van der Waals surface area contributed by atoms with E-state index in [1.807, 2.05) is 6.07 Å². The molecule has 3 unspecified atom stereocenters. The maximum Gasteiger partial charge on any atom is 0.329 e. The zero-order valence-electron chi connectivity index (χ0n) is 28.8. The second-order valence-electron chi connectivity index (χ2n) is 13.2. The van der Waals surface area contributed by atoms with E-state index in [1.54, 1.807) is 69.3 Å². The number of benzene rings is 3. The van der Waals surface area contributed by atoms with Crippen molar-refractivity contribution in [3.8, 4) is 0 Å². The molecular weight excluding hydrogens is 779 g/mol. The molecule has 0 radical (unpaired) electrons. The molecule has 3 atom stereocenters. The van der Waals surface area contributed by atoms with E-state index in [-0.39, 0.29) is 42.8 Å². The topological polar surface area (TPSA) is 204 Å². The number of esters is 2. The molecule has 0 saturated heterocycles. The number of carbonyl (C=O) groups is 5. The van der Waals surface area contributed by atoms with E-state index < -0.39 is 60.3 Å². The van der Waals surface area contributed by atoms with Crippen LogP contribution in [0.4, 0.5) is 11.4 Å². The highest BCUT2D eigenvalue weighted by Gasteiger charge is 2.47. The van der Waals surface area contributed by atoms with Gasteiger partial charge in [-0.3, -0.25) is 24.9 Å². The predicted octanol–water partition coefficient (Wildman–Crippen LogP) is 4.77. The van der Waals surface area contributed by atoms with Gasteiger partial charge in [0.1, 0.15) is 30.0 Å². The Labute approximate surface area is 319 Å².